The van der Waals surface area contributed by atoms with Crippen molar-refractivity contribution in [2.45, 2.75) is 38.5 Å². The van der Waals surface area contributed by atoms with Crippen LogP contribution >= 0.6 is 11.6 Å². The number of aliphatic carboxylic acids is 1. The van der Waals surface area contributed by atoms with Crippen molar-refractivity contribution in [1.82, 2.24) is 0 Å². The second-order valence-corrected chi connectivity index (χ2v) is 5.37. The third-order valence-corrected chi connectivity index (χ3v) is 3.17. The number of benzene rings is 1. The number of rotatable bonds is 4. The Bertz CT molecular complexity index is 516. The van der Waals surface area contributed by atoms with Gasteiger partial charge in [-0.2, -0.15) is 0 Å². The SMILES string of the molecule is CC1(C)Oc2cc(Cl)c(C(N)CCC(=O)O)cc2O1. The van der Waals surface area contributed by atoms with E-state index in [0.29, 0.717) is 28.5 Å². The molecule has 0 saturated carbocycles. The van der Waals surface area contributed by atoms with Crippen LogP contribution in [-0.4, -0.2) is 16.9 Å². The molecule has 1 heterocycles. The van der Waals surface area contributed by atoms with E-state index in [1.54, 1.807) is 26.0 Å². The van der Waals surface area contributed by atoms with E-state index in [0.717, 1.165) is 0 Å². The first-order chi connectivity index (χ1) is 8.78. The molecule has 1 aromatic rings. The topological polar surface area (TPSA) is 81.8 Å². The standard InChI is InChI=1S/C13H16ClNO4/c1-13(2)18-10-5-7(8(14)6-11(10)19-13)9(15)3-4-12(16)17/h5-6,9H,3-4,15H2,1-2H3,(H,16,17). The van der Waals surface area contributed by atoms with Crippen LogP contribution in [0.25, 0.3) is 0 Å². The maximum atomic E-state index is 10.6. The second kappa shape index (κ2) is 4.90. The molecule has 0 fully saturated rings. The maximum Gasteiger partial charge on any atom is 0.303 e. The Morgan fingerprint density at radius 3 is 2.58 bits per heavy atom. The van der Waals surface area contributed by atoms with Crippen molar-refractivity contribution < 1.29 is 19.4 Å². The fourth-order valence-corrected chi connectivity index (χ4v) is 2.27. The summed E-state index contributed by atoms with van der Waals surface area (Å²) in [5, 5.41) is 9.13. The maximum absolute atomic E-state index is 10.6. The molecule has 0 spiro atoms. The molecule has 19 heavy (non-hydrogen) atoms. The fourth-order valence-electron chi connectivity index (χ4n) is 1.98. The van der Waals surface area contributed by atoms with Crippen molar-refractivity contribution in [2.75, 3.05) is 0 Å². The van der Waals surface area contributed by atoms with Crippen LogP contribution in [0.4, 0.5) is 0 Å². The van der Waals surface area contributed by atoms with E-state index in [2.05, 4.69) is 0 Å². The Morgan fingerprint density at radius 2 is 2.00 bits per heavy atom. The Hall–Kier alpha value is -1.46. The summed E-state index contributed by atoms with van der Waals surface area (Å²) in [6, 6.07) is 2.93. The van der Waals surface area contributed by atoms with E-state index in [-0.39, 0.29) is 6.42 Å². The average molecular weight is 286 g/mol. The smallest absolute Gasteiger partial charge is 0.303 e. The molecule has 3 N–H and O–H groups in total. The van der Waals surface area contributed by atoms with Crippen LogP contribution < -0.4 is 15.2 Å². The highest BCUT2D eigenvalue weighted by molar-refractivity contribution is 6.31. The highest BCUT2D eigenvalue weighted by Gasteiger charge is 2.33. The number of nitrogens with two attached hydrogens (primary N) is 1. The zero-order valence-corrected chi connectivity index (χ0v) is 11.5. The first-order valence-electron chi connectivity index (χ1n) is 5.97. The third kappa shape index (κ3) is 3.11. The van der Waals surface area contributed by atoms with Gasteiger partial charge < -0.3 is 20.3 Å². The van der Waals surface area contributed by atoms with Gasteiger partial charge in [-0.1, -0.05) is 11.6 Å². The number of hydrogen-bond acceptors (Lipinski definition) is 4. The minimum absolute atomic E-state index is 0.00255. The molecular formula is C13H16ClNO4. The van der Waals surface area contributed by atoms with Crippen LogP contribution in [0.2, 0.25) is 5.02 Å². The van der Waals surface area contributed by atoms with Gasteiger partial charge in [-0.05, 0) is 18.1 Å². The number of fused-ring (bicyclic) bond motifs is 1. The summed E-state index contributed by atoms with van der Waals surface area (Å²) in [5.74, 6) is -0.456. The largest absolute Gasteiger partial charge is 0.481 e. The minimum atomic E-state index is -0.881. The first kappa shape index (κ1) is 14.0. The van der Waals surface area contributed by atoms with Gasteiger partial charge in [0.2, 0.25) is 5.79 Å². The molecule has 6 heteroatoms. The molecular weight excluding hydrogens is 270 g/mol. The van der Waals surface area contributed by atoms with E-state index < -0.39 is 17.8 Å². The lowest BCUT2D eigenvalue weighted by Gasteiger charge is -2.16. The molecule has 2 rings (SSSR count). The molecule has 0 aliphatic carbocycles. The van der Waals surface area contributed by atoms with Gasteiger partial charge in [-0.15, -0.1) is 0 Å². The molecule has 1 aliphatic rings. The van der Waals surface area contributed by atoms with Gasteiger partial charge in [-0.3, -0.25) is 4.79 Å². The van der Waals surface area contributed by atoms with Gasteiger partial charge in [0.1, 0.15) is 0 Å². The van der Waals surface area contributed by atoms with E-state index in [1.165, 1.54) is 0 Å². The zero-order chi connectivity index (χ0) is 14.2. The summed E-state index contributed by atoms with van der Waals surface area (Å²) in [6.07, 6.45) is 0.315. The minimum Gasteiger partial charge on any atom is -0.481 e. The fraction of sp³-hybridized carbons (Fsp3) is 0.462. The van der Waals surface area contributed by atoms with Gasteiger partial charge in [-0.25, -0.2) is 0 Å². The Labute approximate surface area is 116 Å². The van der Waals surface area contributed by atoms with Crippen LogP contribution in [0.1, 0.15) is 38.3 Å². The summed E-state index contributed by atoms with van der Waals surface area (Å²) in [5.41, 5.74) is 6.63. The van der Waals surface area contributed by atoms with Crippen molar-refractivity contribution in [3.63, 3.8) is 0 Å². The lowest BCUT2D eigenvalue weighted by molar-refractivity contribution is -0.137. The molecule has 104 valence electrons. The first-order valence-corrected chi connectivity index (χ1v) is 6.35. The highest BCUT2D eigenvalue weighted by Crippen LogP contribution is 2.43. The number of carboxylic acids is 1. The molecule has 0 saturated heterocycles. The van der Waals surface area contributed by atoms with Crippen molar-refractivity contribution in [3.05, 3.63) is 22.7 Å². The summed E-state index contributed by atoms with van der Waals surface area (Å²) >= 11 is 6.15. The number of ether oxygens (including phenoxy) is 2. The predicted octanol–water partition coefficient (Wildman–Crippen LogP) is 2.71. The van der Waals surface area contributed by atoms with E-state index in [4.69, 9.17) is 31.9 Å². The molecule has 0 amide bonds. The monoisotopic (exact) mass is 285 g/mol. The van der Waals surface area contributed by atoms with Crippen LogP contribution in [0.3, 0.4) is 0 Å². The van der Waals surface area contributed by atoms with Crippen LogP contribution in [0.15, 0.2) is 12.1 Å². The van der Waals surface area contributed by atoms with Gasteiger partial charge in [0.15, 0.2) is 11.5 Å². The number of carboxylic acid groups (broad SMARTS) is 1. The molecule has 1 aromatic carbocycles. The third-order valence-electron chi connectivity index (χ3n) is 2.84. The molecule has 1 unspecified atom stereocenters. The van der Waals surface area contributed by atoms with E-state index in [1.807, 2.05) is 0 Å². The van der Waals surface area contributed by atoms with Crippen molar-refractivity contribution in [2.24, 2.45) is 5.73 Å². The molecule has 1 aliphatic heterocycles. The summed E-state index contributed by atoms with van der Waals surface area (Å²) in [7, 11) is 0. The van der Waals surface area contributed by atoms with E-state index in [9.17, 15) is 4.79 Å². The van der Waals surface area contributed by atoms with Crippen LogP contribution in [0.5, 0.6) is 11.5 Å². The normalized spacial score (nSPS) is 17.3. The van der Waals surface area contributed by atoms with Crippen molar-refractivity contribution >= 4 is 17.6 Å². The predicted molar refractivity (Wildman–Crippen MR) is 70.6 cm³/mol. The van der Waals surface area contributed by atoms with Crippen LogP contribution in [0, 0.1) is 0 Å². The molecule has 1 atom stereocenters. The van der Waals surface area contributed by atoms with Crippen molar-refractivity contribution in [3.8, 4) is 11.5 Å². The molecule has 0 aromatic heterocycles. The van der Waals surface area contributed by atoms with Gasteiger partial charge in [0, 0.05) is 37.4 Å². The molecule has 0 radical (unpaired) electrons. The molecule has 5 nitrogen and oxygen atoms in total. The lowest BCUT2D eigenvalue weighted by Crippen LogP contribution is -2.29. The number of hydrogen-bond donors (Lipinski definition) is 2. The van der Waals surface area contributed by atoms with E-state index >= 15 is 0 Å². The number of halogens is 1. The molecule has 0 bridgehead atoms. The average Bonchev–Trinajstić information content (AvgIpc) is 2.57. The second-order valence-electron chi connectivity index (χ2n) is 4.96. The van der Waals surface area contributed by atoms with Gasteiger partial charge >= 0.3 is 5.97 Å². The lowest BCUT2D eigenvalue weighted by atomic mass is 10.0. The van der Waals surface area contributed by atoms with Crippen LogP contribution in [-0.2, 0) is 4.79 Å². The van der Waals surface area contributed by atoms with Crippen molar-refractivity contribution in [1.29, 1.82) is 0 Å². The van der Waals surface area contributed by atoms with Gasteiger partial charge in [0.05, 0.1) is 0 Å². The highest BCUT2D eigenvalue weighted by atomic mass is 35.5. The Balaban J connectivity index is 2.22. The number of carbonyl (C=O) groups is 1. The zero-order valence-electron chi connectivity index (χ0n) is 10.8. The summed E-state index contributed by atoms with van der Waals surface area (Å²) < 4.78 is 11.2. The van der Waals surface area contributed by atoms with Gasteiger partial charge in [0.25, 0.3) is 0 Å². The quantitative estimate of drug-likeness (QED) is 0.889. The summed E-state index contributed by atoms with van der Waals surface area (Å²) in [4.78, 5) is 10.6. The summed E-state index contributed by atoms with van der Waals surface area (Å²) in [6.45, 7) is 3.59. The Morgan fingerprint density at radius 1 is 1.42 bits per heavy atom. The Kier molecular flexibility index (Phi) is 3.60.